The third-order valence-corrected chi connectivity index (χ3v) is 2.79. The Hall–Kier alpha value is -2.73. The van der Waals surface area contributed by atoms with E-state index in [4.69, 9.17) is 21.1 Å². The Kier molecular flexibility index (Phi) is 8.35. The number of rotatable bonds is 10. The first-order valence-corrected chi connectivity index (χ1v) is 6.66. The molecule has 12 heteroatoms. The smallest absolute Gasteiger partial charge is 0.328 e. The van der Waals surface area contributed by atoms with Gasteiger partial charge in [-0.15, -0.1) is 0 Å². The molecule has 0 spiro atoms. The number of aliphatic carboxylic acids is 3. The average molecular weight is 349 g/mol. The van der Waals surface area contributed by atoms with Crippen molar-refractivity contribution in [3.63, 3.8) is 0 Å². The number of nitrogens with one attached hydrogen (secondary N) is 2. The molecule has 4 atom stereocenters. The molecule has 0 fully saturated rings. The van der Waals surface area contributed by atoms with Crippen LogP contribution >= 0.6 is 0 Å². The number of carboxylic acids is 3. The Morgan fingerprint density at radius 2 is 1.42 bits per heavy atom. The Bertz CT molecular complexity index is 520. The molecule has 0 aliphatic rings. The second kappa shape index (κ2) is 9.42. The van der Waals surface area contributed by atoms with E-state index in [1.807, 2.05) is 10.6 Å². The van der Waals surface area contributed by atoms with Crippen molar-refractivity contribution in [2.45, 2.75) is 44.0 Å². The zero-order chi connectivity index (χ0) is 19.0. The largest absolute Gasteiger partial charge is 0.481 e. The first-order valence-electron chi connectivity index (χ1n) is 6.66. The maximum Gasteiger partial charge on any atom is 0.328 e. The zero-order valence-electron chi connectivity index (χ0n) is 12.6. The number of carbonyl (C=O) groups excluding carboxylic acids is 2. The van der Waals surface area contributed by atoms with E-state index >= 15 is 0 Å². The van der Waals surface area contributed by atoms with Crippen LogP contribution in [0.1, 0.15) is 19.8 Å². The van der Waals surface area contributed by atoms with Gasteiger partial charge >= 0.3 is 17.9 Å². The van der Waals surface area contributed by atoms with Crippen LogP contribution in [0.15, 0.2) is 0 Å². The van der Waals surface area contributed by atoms with Gasteiger partial charge in [-0.25, -0.2) is 4.79 Å². The molecule has 0 bridgehead atoms. The average Bonchev–Trinajstić information content (AvgIpc) is 2.41. The topological polar surface area (TPSA) is 216 Å². The van der Waals surface area contributed by atoms with E-state index in [9.17, 15) is 29.1 Å². The minimum absolute atomic E-state index is 0.751. The fourth-order valence-electron chi connectivity index (χ4n) is 1.59. The molecule has 0 unspecified atom stereocenters. The summed E-state index contributed by atoms with van der Waals surface area (Å²) in [4.78, 5) is 55.8. The minimum atomic E-state index is -1.72. The maximum atomic E-state index is 12.0. The molecule has 0 saturated heterocycles. The number of hydrogen-bond donors (Lipinski definition) is 7. The third kappa shape index (κ3) is 7.51. The lowest BCUT2D eigenvalue weighted by Gasteiger charge is -2.22. The van der Waals surface area contributed by atoms with Crippen LogP contribution in [0.3, 0.4) is 0 Å². The van der Waals surface area contributed by atoms with Gasteiger partial charge < -0.3 is 36.8 Å². The fraction of sp³-hybridized carbons (Fsp3) is 0.583. The summed E-state index contributed by atoms with van der Waals surface area (Å²) < 4.78 is 0. The van der Waals surface area contributed by atoms with E-state index in [0.29, 0.717) is 0 Å². The predicted molar refractivity (Wildman–Crippen MR) is 75.7 cm³/mol. The van der Waals surface area contributed by atoms with Gasteiger partial charge in [-0.3, -0.25) is 19.2 Å². The maximum absolute atomic E-state index is 12.0. The van der Waals surface area contributed by atoms with Crippen LogP contribution in [0.5, 0.6) is 0 Å². The summed E-state index contributed by atoms with van der Waals surface area (Å²) in [6.07, 6.45) is -3.13. The number of hydrogen-bond acceptors (Lipinski definition) is 7. The molecule has 0 aromatic rings. The predicted octanol–water partition coefficient (Wildman–Crippen LogP) is -3.30. The van der Waals surface area contributed by atoms with Crippen molar-refractivity contribution < 1.29 is 44.4 Å². The summed E-state index contributed by atoms with van der Waals surface area (Å²) >= 11 is 0. The highest BCUT2D eigenvalue weighted by atomic mass is 16.4. The van der Waals surface area contributed by atoms with Gasteiger partial charge in [0, 0.05) is 0 Å². The van der Waals surface area contributed by atoms with Crippen LogP contribution in [-0.2, 0) is 24.0 Å². The highest BCUT2D eigenvalue weighted by Gasteiger charge is 2.31. The molecule has 0 aliphatic heterocycles. The van der Waals surface area contributed by atoms with Crippen LogP contribution in [0.2, 0.25) is 0 Å². The Morgan fingerprint density at radius 1 is 0.917 bits per heavy atom. The van der Waals surface area contributed by atoms with Crippen LogP contribution < -0.4 is 16.4 Å². The second-order valence-corrected chi connectivity index (χ2v) is 4.93. The minimum Gasteiger partial charge on any atom is -0.481 e. The van der Waals surface area contributed by atoms with Gasteiger partial charge in [-0.05, 0) is 6.92 Å². The lowest BCUT2D eigenvalue weighted by atomic mass is 10.1. The summed E-state index contributed by atoms with van der Waals surface area (Å²) in [6, 6.07) is -4.95. The molecule has 0 rings (SSSR count). The summed E-state index contributed by atoms with van der Waals surface area (Å²) in [5.41, 5.74) is 5.29. The first-order chi connectivity index (χ1) is 11.0. The SMILES string of the molecule is C[C@@H](O)[C@H](NC(=O)[C@H](CC(=O)O)NC(=O)[C@@H](N)CC(=O)O)C(=O)O. The molecule has 12 nitrogen and oxygen atoms in total. The van der Waals surface area contributed by atoms with E-state index in [-0.39, 0.29) is 0 Å². The lowest BCUT2D eigenvalue weighted by Crippen LogP contribution is -2.57. The van der Waals surface area contributed by atoms with Gasteiger partial charge in [0.2, 0.25) is 11.8 Å². The molecular weight excluding hydrogens is 330 g/mol. The molecule has 24 heavy (non-hydrogen) atoms. The van der Waals surface area contributed by atoms with Gasteiger partial charge in [0.05, 0.1) is 25.0 Å². The molecule has 0 heterocycles. The van der Waals surface area contributed by atoms with Crippen molar-refractivity contribution in [2.75, 3.05) is 0 Å². The van der Waals surface area contributed by atoms with Crippen LogP contribution in [0.25, 0.3) is 0 Å². The van der Waals surface area contributed by atoms with E-state index in [1.54, 1.807) is 0 Å². The fourth-order valence-corrected chi connectivity index (χ4v) is 1.59. The number of nitrogens with two attached hydrogens (primary N) is 1. The Labute approximate surface area is 135 Å². The molecule has 0 aliphatic carbocycles. The molecule has 136 valence electrons. The first kappa shape index (κ1) is 21.3. The number of carboxylic acid groups (broad SMARTS) is 3. The van der Waals surface area contributed by atoms with E-state index < -0.39 is 66.8 Å². The van der Waals surface area contributed by atoms with E-state index in [2.05, 4.69) is 0 Å². The quantitative estimate of drug-likeness (QED) is 0.208. The molecule has 8 N–H and O–H groups in total. The van der Waals surface area contributed by atoms with E-state index in [1.165, 1.54) is 0 Å². The van der Waals surface area contributed by atoms with Crippen LogP contribution in [0.4, 0.5) is 0 Å². The van der Waals surface area contributed by atoms with E-state index in [0.717, 1.165) is 6.92 Å². The van der Waals surface area contributed by atoms with Gasteiger partial charge in [-0.1, -0.05) is 0 Å². The lowest BCUT2D eigenvalue weighted by molar-refractivity contribution is -0.146. The van der Waals surface area contributed by atoms with Gasteiger partial charge in [0.1, 0.15) is 6.04 Å². The number of aliphatic hydroxyl groups excluding tert-OH is 1. The summed E-state index contributed by atoms with van der Waals surface area (Å²) in [5.74, 6) is -6.70. The van der Waals surface area contributed by atoms with Crippen molar-refractivity contribution in [3.05, 3.63) is 0 Å². The summed E-state index contributed by atoms with van der Waals surface area (Å²) in [5, 5.41) is 39.3. The third-order valence-electron chi connectivity index (χ3n) is 2.79. The zero-order valence-corrected chi connectivity index (χ0v) is 12.6. The second-order valence-electron chi connectivity index (χ2n) is 4.93. The number of aliphatic hydroxyl groups is 1. The standard InChI is InChI=1S/C12H19N3O9/c1-4(16)9(12(23)24)15-11(22)6(3-8(19)20)14-10(21)5(13)2-7(17)18/h4-6,9,16H,2-3,13H2,1H3,(H,14,21)(H,15,22)(H,17,18)(H,19,20)(H,23,24)/t4-,5+,6+,9+/m1/s1. The molecule has 2 amide bonds. The number of carbonyl (C=O) groups is 5. The highest BCUT2D eigenvalue weighted by molar-refractivity contribution is 5.94. The van der Waals surface area contributed by atoms with Gasteiger partial charge in [-0.2, -0.15) is 0 Å². The summed E-state index contributed by atoms with van der Waals surface area (Å²) in [7, 11) is 0. The highest BCUT2D eigenvalue weighted by Crippen LogP contribution is 2.00. The Morgan fingerprint density at radius 3 is 1.79 bits per heavy atom. The normalized spacial score (nSPS) is 15.5. The van der Waals surface area contributed by atoms with Gasteiger partial charge in [0.15, 0.2) is 6.04 Å². The number of amides is 2. The molecular formula is C12H19N3O9. The Balaban J connectivity index is 5.08. The van der Waals surface area contributed by atoms with Crippen LogP contribution in [-0.4, -0.2) is 74.4 Å². The van der Waals surface area contributed by atoms with Crippen LogP contribution in [0, 0.1) is 0 Å². The van der Waals surface area contributed by atoms with Crippen molar-refractivity contribution in [3.8, 4) is 0 Å². The monoisotopic (exact) mass is 349 g/mol. The van der Waals surface area contributed by atoms with Crippen molar-refractivity contribution in [2.24, 2.45) is 5.73 Å². The van der Waals surface area contributed by atoms with Gasteiger partial charge in [0.25, 0.3) is 0 Å². The molecule has 0 radical (unpaired) electrons. The summed E-state index contributed by atoms with van der Waals surface area (Å²) in [6.45, 7) is 1.09. The van der Waals surface area contributed by atoms with Crippen molar-refractivity contribution >= 4 is 29.7 Å². The van der Waals surface area contributed by atoms with Crippen molar-refractivity contribution in [1.29, 1.82) is 0 Å². The molecule has 0 aromatic heterocycles. The van der Waals surface area contributed by atoms with Crippen molar-refractivity contribution in [1.82, 2.24) is 10.6 Å². The molecule has 0 saturated carbocycles. The molecule has 0 aromatic carbocycles.